The average molecular weight is 375 g/mol. The second-order valence-electron chi connectivity index (χ2n) is 7.48. The Labute approximate surface area is 162 Å². The highest BCUT2D eigenvalue weighted by Crippen LogP contribution is 2.39. The first kappa shape index (κ1) is 18.0. The lowest BCUT2D eigenvalue weighted by atomic mass is 9.89. The Hall–Kier alpha value is -3.41. The number of aromatic amines is 1. The molecule has 6 nitrogen and oxygen atoms in total. The van der Waals surface area contributed by atoms with E-state index >= 15 is 0 Å². The fraction of sp³-hybridized carbons (Fsp3) is 0.227. The summed E-state index contributed by atoms with van der Waals surface area (Å²) in [7, 11) is 0. The van der Waals surface area contributed by atoms with E-state index < -0.39 is 5.60 Å². The van der Waals surface area contributed by atoms with E-state index in [1.54, 1.807) is 0 Å². The van der Waals surface area contributed by atoms with Gasteiger partial charge in [0.05, 0.1) is 6.04 Å². The van der Waals surface area contributed by atoms with E-state index in [1.807, 2.05) is 68.4 Å². The molecule has 6 heteroatoms. The van der Waals surface area contributed by atoms with Crippen LogP contribution in [0.1, 0.15) is 42.4 Å². The van der Waals surface area contributed by atoms with Gasteiger partial charge in [0.25, 0.3) is 11.5 Å². The predicted molar refractivity (Wildman–Crippen MR) is 106 cm³/mol. The Morgan fingerprint density at radius 3 is 2.64 bits per heavy atom. The molecule has 1 aliphatic rings. The van der Waals surface area contributed by atoms with Crippen LogP contribution in [0.3, 0.4) is 0 Å². The molecule has 0 bridgehead atoms. The quantitative estimate of drug-likeness (QED) is 0.734. The standard InChI is InChI=1S/C22H21N3O3/c1-22(2)13-17(15-10-6-7-11-18(15)28-22)24-21(27)16-12-19(26)25-20(23-16)14-8-4-3-5-9-14/h3-12,17H,13H2,1-2H3,(H,24,27)(H,23,25,26)/t17-/m0/s1. The molecule has 1 atom stereocenters. The van der Waals surface area contributed by atoms with Crippen molar-refractivity contribution in [1.29, 1.82) is 0 Å². The third kappa shape index (κ3) is 3.67. The summed E-state index contributed by atoms with van der Waals surface area (Å²) in [6, 6.07) is 17.9. The van der Waals surface area contributed by atoms with E-state index in [0.717, 1.165) is 16.9 Å². The van der Waals surface area contributed by atoms with Crippen molar-refractivity contribution < 1.29 is 9.53 Å². The second kappa shape index (κ2) is 6.96. The first-order valence-electron chi connectivity index (χ1n) is 9.17. The molecule has 0 fully saturated rings. The van der Waals surface area contributed by atoms with Crippen LogP contribution in [0.2, 0.25) is 0 Å². The van der Waals surface area contributed by atoms with E-state index in [1.165, 1.54) is 6.07 Å². The van der Waals surface area contributed by atoms with Crippen molar-refractivity contribution in [3.63, 3.8) is 0 Å². The molecule has 142 valence electrons. The van der Waals surface area contributed by atoms with Gasteiger partial charge in [-0.3, -0.25) is 9.59 Å². The summed E-state index contributed by atoms with van der Waals surface area (Å²) in [6.45, 7) is 3.97. The normalized spacial score (nSPS) is 17.3. The number of rotatable bonds is 3. The van der Waals surface area contributed by atoms with Crippen LogP contribution < -0.4 is 15.6 Å². The number of aromatic nitrogens is 2. The van der Waals surface area contributed by atoms with Crippen molar-refractivity contribution in [2.24, 2.45) is 0 Å². The van der Waals surface area contributed by atoms with E-state index in [4.69, 9.17) is 4.74 Å². The number of H-pyrrole nitrogens is 1. The lowest BCUT2D eigenvalue weighted by Gasteiger charge is -2.37. The maximum Gasteiger partial charge on any atom is 0.270 e. The summed E-state index contributed by atoms with van der Waals surface area (Å²) in [4.78, 5) is 32.0. The Morgan fingerprint density at radius 1 is 1.14 bits per heavy atom. The van der Waals surface area contributed by atoms with Crippen LogP contribution >= 0.6 is 0 Å². The van der Waals surface area contributed by atoms with Gasteiger partial charge in [0.1, 0.15) is 22.9 Å². The molecule has 3 aromatic rings. The number of fused-ring (bicyclic) bond motifs is 1. The van der Waals surface area contributed by atoms with E-state index in [2.05, 4.69) is 15.3 Å². The average Bonchev–Trinajstić information content (AvgIpc) is 2.67. The molecule has 28 heavy (non-hydrogen) atoms. The Kier molecular flexibility index (Phi) is 4.47. The molecule has 0 spiro atoms. The number of carbonyl (C=O) groups excluding carboxylic acids is 1. The van der Waals surface area contributed by atoms with Crippen molar-refractivity contribution in [1.82, 2.24) is 15.3 Å². The third-order valence-electron chi connectivity index (χ3n) is 4.70. The molecule has 1 amide bonds. The van der Waals surface area contributed by atoms with Crippen molar-refractivity contribution in [3.05, 3.63) is 82.3 Å². The smallest absolute Gasteiger partial charge is 0.270 e. The maximum absolute atomic E-state index is 12.9. The Bertz CT molecular complexity index is 1070. The Balaban J connectivity index is 1.64. The molecule has 0 unspecified atom stereocenters. The van der Waals surface area contributed by atoms with Crippen LogP contribution in [0.4, 0.5) is 0 Å². The van der Waals surface area contributed by atoms with Gasteiger partial charge in [-0.25, -0.2) is 4.98 Å². The molecule has 0 saturated heterocycles. The number of benzene rings is 2. The van der Waals surface area contributed by atoms with E-state index in [0.29, 0.717) is 12.2 Å². The lowest BCUT2D eigenvalue weighted by molar-refractivity contribution is 0.0618. The largest absolute Gasteiger partial charge is 0.487 e. The number of nitrogens with zero attached hydrogens (tertiary/aromatic N) is 1. The third-order valence-corrected chi connectivity index (χ3v) is 4.70. The molecule has 1 aliphatic heterocycles. The van der Waals surface area contributed by atoms with Gasteiger partial charge < -0.3 is 15.0 Å². The molecular formula is C22H21N3O3. The highest BCUT2D eigenvalue weighted by atomic mass is 16.5. The van der Waals surface area contributed by atoms with Crippen LogP contribution in [0, 0.1) is 0 Å². The van der Waals surface area contributed by atoms with Gasteiger partial charge in [-0.2, -0.15) is 0 Å². The minimum absolute atomic E-state index is 0.0874. The molecule has 2 N–H and O–H groups in total. The molecule has 0 saturated carbocycles. The molecule has 0 radical (unpaired) electrons. The number of para-hydroxylation sites is 1. The Morgan fingerprint density at radius 2 is 1.86 bits per heavy atom. The number of carbonyl (C=O) groups is 1. The predicted octanol–water partition coefficient (Wildman–Crippen LogP) is 3.47. The summed E-state index contributed by atoms with van der Waals surface area (Å²) in [5, 5.41) is 3.02. The van der Waals surface area contributed by atoms with Gasteiger partial charge in [-0.05, 0) is 19.9 Å². The summed E-state index contributed by atoms with van der Waals surface area (Å²) < 4.78 is 6.01. The van der Waals surface area contributed by atoms with Crippen LogP contribution in [0.5, 0.6) is 5.75 Å². The van der Waals surface area contributed by atoms with Gasteiger partial charge in [-0.15, -0.1) is 0 Å². The number of nitrogens with one attached hydrogen (secondary N) is 2. The van der Waals surface area contributed by atoms with E-state index in [-0.39, 0.29) is 23.2 Å². The zero-order chi connectivity index (χ0) is 19.7. The fourth-order valence-electron chi connectivity index (χ4n) is 3.47. The number of ether oxygens (including phenoxy) is 1. The second-order valence-corrected chi connectivity index (χ2v) is 7.48. The van der Waals surface area contributed by atoms with Crippen molar-refractivity contribution in [2.45, 2.75) is 31.9 Å². The fourth-order valence-corrected chi connectivity index (χ4v) is 3.47. The maximum atomic E-state index is 12.9. The lowest BCUT2D eigenvalue weighted by Crippen LogP contribution is -2.41. The van der Waals surface area contributed by atoms with Crippen LogP contribution in [-0.4, -0.2) is 21.5 Å². The summed E-state index contributed by atoms with van der Waals surface area (Å²) in [6.07, 6.45) is 0.616. The molecule has 2 heterocycles. The minimum atomic E-state index is -0.414. The molecular weight excluding hydrogens is 354 g/mol. The summed E-state index contributed by atoms with van der Waals surface area (Å²) in [5.74, 6) is 0.736. The molecule has 4 rings (SSSR count). The van der Waals surface area contributed by atoms with Gasteiger partial charge >= 0.3 is 0 Å². The zero-order valence-electron chi connectivity index (χ0n) is 15.7. The summed E-state index contributed by atoms with van der Waals surface area (Å²) in [5.41, 5.74) is 0.967. The van der Waals surface area contributed by atoms with Gasteiger partial charge in [-0.1, -0.05) is 48.5 Å². The molecule has 2 aromatic carbocycles. The van der Waals surface area contributed by atoms with Crippen molar-refractivity contribution in [2.75, 3.05) is 0 Å². The zero-order valence-corrected chi connectivity index (χ0v) is 15.7. The van der Waals surface area contributed by atoms with Crippen molar-refractivity contribution in [3.8, 4) is 17.1 Å². The van der Waals surface area contributed by atoms with Crippen molar-refractivity contribution >= 4 is 5.91 Å². The first-order chi connectivity index (χ1) is 13.4. The molecule has 1 aromatic heterocycles. The van der Waals surface area contributed by atoms with Gasteiger partial charge in [0.15, 0.2) is 0 Å². The highest BCUT2D eigenvalue weighted by Gasteiger charge is 2.34. The number of hydrogen-bond donors (Lipinski definition) is 2. The van der Waals surface area contributed by atoms with Gasteiger partial charge in [0.2, 0.25) is 0 Å². The summed E-state index contributed by atoms with van der Waals surface area (Å²) >= 11 is 0. The van der Waals surface area contributed by atoms with Crippen LogP contribution in [-0.2, 0) is 0 Å². The number of amides is 1. The monoisotopic (exact) mass is 375 g/mol. The van der Waals surface area contributed by atoms with Gasteiger partial charge in [0, 0.05) is 23.6 Å². The van der Waals surface area contributed by atoms with Crippen LogP contribution in [0.25, 0.3) is 11.4 Å². The minimum Gasteiger partial charge on any atom is -0.487 e. The molecule has 0 aliphatic carbocycles. The highest BCUT2D eigenvalue weighted by molar-refractivity contribution is 5.93. The van der Waals surface area contributed by atoms with E-state index in [9.17, 15) is 9.59 Å². The van der Waals surface area contributed by atoms with Crippen LogP contribution in [0.15, 0.2) is 65.5 Å². The SMILES string of the molecule is CC1(C)C[C@H](NC(=O)c2cc(=O)[nH]c(-c3ccccc3)n2)c2ccccc2O1. The topological polar surface area (TPSA) is 84.1 Å². The number of hydrogen-bond acceptors (Lipinski definition) is 4. The first-order valence-corrected chi connectivity index (χ1v) is 9.17.